The summed E-state index contributed by atoms with van der Waals surface area (Å²) in [7, 11) is 0. The highest BCUT2D eigenvalue weighted by molar-refractivity contribution is 8.00. The lowest BCUT2D eigenvalue weighted by Crippen LogP contribution is -2.12. The van der Waals surface area contributed by atoms with Gasteiger partial charge in [-0.3, -0.25) is 9.20 Å². The minimum Gasteiger partial charge on any atom is -0.360 e. The summed E-state index contributed by atoms with van der Waals surface area (Å²) in [6, 6.07) is 5.77. The number of rotatable bonds is 7. The second kappa shape index (κ2) is 7.65. The van der Waals surface area contributed by atoms with E-state index in [1.54, 1.807) is 39.8 Å². The molecule has 0 spiro atoms. The van der Waals surface area contributed by atoms with Gasteiger partial charge in [0, 0.05) is 34.8 Å². The van der Waals surface area contributed by atoms with E-state index in [1.165, 1.54) is 27.6 Å². The van der Waals surface area contributed by atoms with Gasteiger partial charge in [-0.1, -0.05) is 29.2 Å². The van der Waals surface area contributed by atoms with Gasteiger partial charge in [0.15, 0.2) is 9.30 Å². The first-order valence-electron chi connectivity index (χ1n) is 7.46. The van der Waals surface area contributed by atoms with Crippen LogP contribution < -0.4 is 10.9 Å². The highest BCUT2D eigenvalue weighted by Gasteiger charge is 2.08. The standard InChI is InChI=1S/C15H13N5OS4/c21-12-8-10(17-14-20(12)5-7-23-14)9-24-15-19-18-13(25-15)16-4-3-11-2-1-6-22-11/h1-2,5-8H,3-4,9H2,(H,16,18). The van der Waals surface area contributed by atoms with Crippen LogP contribution in [0.15, 0.2) is 44.3 Å². The molecular weight excluding hydrogens is 394 g/mol. The van der Waals surface area contributed by atoms with Crippen LogP contribution >= 0.6 is 45.8 Å². The molecule has 0 unspecified atom stereocenters. The van der Waals surface area contributed by atoms with Gasteiger partial charge in [0.2, 0.25) is 5.13 Å². The zero-order valence-corrected chi connectivity index (χ0v) is 16.2. The van der Waals surface area contributed by atoms with E-state index in [0.29, 0.717) is 5.75 Å². The third kappa shape index (κ3) is 4.09. The highest BCUT2D eigenvalue weighted by Crippen LogP contribution is 2.27. The monoisotopic (exact) mass is 407 g/mol. The molecule has 0 saturated heterocycles. The van der Waals surface area contributed by atoms with Gasteiger partial charge in [-0.2, -0.15) is 0 Å². The second-order valence-corrected chi connectivity index (χ2v) is 9.16. The van der Waals surface area contributed by atoms with Crippen molar-refractivity contribution >= 4 is 55.9 Å². The number of hydrogen-bond acceptors (Lipinski definition) is 9. The molecule has 0 aliphatic heterocycles. The quantitative estimate of drug-likeness (QED) is 0.472. The molecule has 1 N–H and O–H groups in total. The highest BCUT2D eigenvalue weighted by atomic mass is 32.2. The number of thiazole rings is 1. The van der Waals surface area contributed by atoms with E-state index in [2.05, 4.69) is 38.0 Å². The molecule has 0 aromatic carbocycles. The molecular formula is C15H13N5OS4. The van der Waals surface area contributed by atoms with Crippen molar-refractivity contribution in [2.75, 3.05) is 11.9 Å². The Morgan fingerprint density at radius 1 is 1.24 bits per heavy atom. The molecule has 0 amide bonds. The van der Waals surface area contributed by atoms with Gasteiger partial charge in [-0.25, -0.2) is 4.98 Å². The average molecular weight is 408 g/mol. The summed E-state index contributed by atoms with van der Waals surface area (Å²) in [6.07, 6.45) is 2.72. The van der Waals surface area contributed by atoms with Crippen molar-refractivity contribution in [3.05, 3.63) is 56.1 Å². The van der Waals surface area contributed by atoms with Crippen molar-refractivity contribution in [2.45, 2.75) is 16.5 Å². The number of thiophene rings is 1. The van der Waals surface area contributed by atoms with Gasteiger partial charge in [-0.15, -0.1) is 32.9 Å². The maximum Gasteiger partial charge on any atom is 0.258 e. The summed E-state index contributed by atoms with van der Waals surface area (Å²) in [4.78, 5) is 18.5. The molecule has 0 saturated carbocycles. The van der Waals surface area contributed by atoms with Crippen LogP contribution in [0, 0.1) is 0 Å². The lowest BCUT2D eigenvalue weighted by Gasteiger charge is -1.99. The predicted molar refractivity (Wildman–Crippen MR) is 105 cm³/mol. The fourth-order valence-electron chi connectivity index (χ4n) is 2.18. The first kappa shape index (κ1) is 16.7. The Morgan fingerprint density at radius 2 is 2.20 bits per heavy atom. The minimum atomic E-state index is -0.0463. The molecule has 128 valence electrons. The first-order valence-corrected chi connectivity index (χ1v) is 11.0. The van der Waals surface area contributed by atoms with E-state index in [4.69, 9.17) is 0 Å². The molecule has 10 heteroatoms. The van der Waals surface area contributed by atoms with E-state index in [9.17, 15) is 4.79 Å². The van der Waals surface area contributed by atoms with Crippen molar-refractivity contribution in [1.82, 2.24) is 19.6 Å². The number of fused-ring (bicyclic) bond motifs is 1. The Balaban J connectivity index is 1.33. The molecule has 0 atom stereocenters. The Kier molecular flexibility index (Phi) is 5.11. The fourth-order valence-corrected chi connectivity index (χ4v) is 5.30. The third-order valence-electron chi connectivity index (χ3n) is 3.33. The van der Waals surface area contributed by atoms with E-state index >= 15 is 0 Å². The van der Waals surface area contributed by atoms with Crippen LogP contribution in [0.3, 0.4) is 0 Å². The van der Waals surface area contributed by atoms with E-state index in [1.807, 2.05) is 5.38 Å². The van der Waals surface area contributed by atoms with Crippen LogP contribution in [0.25, 0.3) is 4.96 Å². The molecule has 0 bridgehead atoms. The summed E-state index contributed by atoms with van der Waals surface area (Å²) in [5.74, 6) is 0.605. The van der Waals surface area contributed by atoms with Crippen molar-refractivity contribution in [3.63, 3.8) is 0 Å². The SMILES string of the molecule is O=c1cc(CSc2nnc(NCCc3cccs3)s2)nc2sccn12. The number of hydrogen-bond donors (Lipinski definition) is 1. The summed E-state index contributed by atoms with van der Waals surface area (Å²) in [5.41, 5.74) is 0.718. The molecule has 0 radical (unpaired) electrons. The summed E-state index contributed by atoms with van der Waals surface area (Å²) < 4.78 is 2.42. The normalized spacial score (nSPS) is 11.2. The smallest absolute Gasteiger partial charge is 0.258 e. The molecule has 25 heavy (non-hydrogen) atoms. The molecule has 0 aliphatic rings. The predicted octanol–water partition coefficient (Wildman–Crippen LogP) is 3.62. The van der Waals surface area contributed by atoms with Crippen molar-refractivity contribution in [2.24, 2.45) is 0 Å². The fraction of sp³-hybridized carbons (Fsp3) is 0.200. The molecule has 4 aromatic rings. The van der Waals surface area contributed by atoms with Crippen LogP contribution in [-0.2, 0) is 12.2 Å². The summed E-state index contributed by atoms with van der Waals surface area (Å²) in [6.45, 7) is 0.840. The Morgan fingerprint density at radius 3 is 3.08 bits per heavy atom. The van der Waals surface area contributed by atoms with Crippen molar-refractivity contribution in [1.29, 1.82) is 0 Å². The van der Waals surface area contributed by atoms with Crippen LogP contribution in [0.1, 0.15) is 10.6 Å². The number of anilines is 1. The topological polar surface area (TPSA) is 72.2 Å². The zero-order chi connectivity index (χ0) is 17.1. The van der Waals surface area contributed by atoms with Gasteiger partial charge in [0.05, 0.1) is 5.69 Å². The maximum atomic E-state index is 12.0. The Hall–Kier alpha value is -1.75. The Labute approximate surface area is 159 Å². The molecule has 6 nitrogen and oxygen atoms in total. The summed E-state index contributed by atoms with van der Waals surface area (Å²) >= 11 is 6.29. The number of aromatic nitrogens is 4. The van der Waals surface area contributed by atoms with Gasteiger partial charge in [0.1, 0.15) is 0 Å². The lowest BCUT2D eigenvalue weighted by molar-refractivity contribution is 0.979. The molecule has 4 heterocycles. The molecule has 4 rings (SSSR count). The lowest BCUT2D eigenvalue weighted by atomic mass is 10.3. The van der Waals surface area contributed by atoms with Crippen molar-refractivity contribution < 1.29 is 0 Å². The van der Waals surface area contributed by atoms with E-state index in [-0.39, 0.29) is 5.56 Å². The van der Waals surface area contributed by atoms with Gasteiger partial charge in [-0.05, 0) is 17.9 Å². The Bertz CT molecular complexity index is 1020. The largest absolute Gasteiger partial charge is 0.360 e. The molecule has 0 aliphatic carbocycles. The summed E-state index contributed by atoms with van der Waals surface area (Å²) in [5, 5.41) is 16.4. The maximum absolute atomic E-state index is 12.0. The first-order chi connectivity index (χ1) is 12.3. The van der Waals surface area contributed by atoms with Crippen LogP contribution in [0.2, 0.25) is 0 Å². The van der Waals surface area contributed by atoms with Crippen LogP contribution in [0.5, 0.6) is 0 Å². The van der Waals surface area contributed by atoms with Gasteiger partial charge < -0.3 is 5.32 Å². The molecule has 4 aromatic heterocycles. The van der Waals surface area contributed by atoms with Gasteiger partial charge in [0.25, 0.3) is 5.56 Å². The molecule has 0 fully saturated rings. The van der Waals surface area contributed by atoms with Crippen molar-refractivity contribution in [3.8, 4) is 0 Å². The zero-order valence-electron chi connectivity index (χ0n) is 12.9. The van der Waals surface area contributed by atoms with Gasteiger partial charge >= 0.3 is 0 Å². The minimum absolute atomic E-state index is 0.0463. The van der Waals surface area contributed by atoms with Crippen LogP contribution in [0.4, 0.5) is 5.13 Å². The van der Waals surface area contributed by atoms with Crippen LogP contribution in [-0.4, -0.2) is 26.1 Å². The second-order valence-electron chi connectivity index (χ2n) is 5.06. The van der Waals surface area contributed by atoms with E-state index < -0.39 is 0 Å². The number of nitrogens with one attached hydrogen (secondary N) is 1. The third-order valence-corrected chi connectivity index (χ3v) is 7.07. The number of thioether (sulfide) groups is 1. The number of nitrogens with zero attached hydrogens (tertiary/aromatic N) is 4. The van der Waals surface area contributed by atoms with E-state index in [0.717, 1.165) is 33.1 Å². The average Bonchev–Trinajstić information content (AvgIpc) is 3.35.